The fourth-order valence-electron chi connectivity index (χ4n) is 4.51. The Bertz CT molecular complexity index is 1380. The van der Waals surface area contributed by atoms with Crippen LogP contribution in [-0.4, -0.2) is 38.4 Å². The number of likely N-dealkylation sites (tertiary alicyclic amines) is 1. The number of carbonyl (C=O) groups is 1. The highest BCUT2D eigenvalue weighted by atomic mass is 35.5. The zero-order valence-electron chi connectivity index (χ0n) is 19.4. The normalized spacial score (nSPS) is 15.1. The SMILES string of the molecule is CC(Oc1cc(-c2cnc3ccc(CO)cn23)sc1C(N)=O)c1ccc(CN2CCCC2)cc1Cl. The second kappa shape index (κ2) is 9.99. The van der Waals surface area contributed by atoms with Gasteiger partial charge in [0.1, 0.15) is 22.4 Å². The molecule has 3 N–H and O–H groups in total. The Morgan fingerprint density at radius 2 is 2.00 bits per heavy atom. The molecule has 7 nitrogen and oxygen atoms in total. The third-order valence-corrected chi connectivity index (χ3v) is 7.82. The molecule has 1 unspecified atom stereocenters. The summed E-state index contributed by atoms with van der Waals surface area (Å²) in [5.41, 5.74) is 10.0. The summed E-state index contributed by atoms with van der Waals surface area (Å²) in [5, 5.41) is 10.2. The maximum atomic E-state index is 12.2. The van der Waals surface area contributed by atoms with Crippen LogP contribution in [0.2, 0.25) is 5.02 Å². The summed E-state index contributed by atoms with van der Waals surface area (Å²) < 4.78 is 8.11. The molecule has 0 radical (unpaired) electrons. The van der Waals surface area contributed by atoms with E-state index in [9.17, 15) is 9.90 Å². The number of aromatic nitrogens is 2. The monoisotopic (exact) mass is 510 g/mol. The van der Waals surface area contributed by atoms with Crippen LogP contribution in [0, 0.1) is 0 Å². The fourth-order valence-corrected chi connectivity index (χ4v) is 5.82. The number of benzene rings is 1. The Kier molecular flexibility index (Phi) is 6.80. The maximum absolute atomic E-state index is 12.2. The van der Waals surface area contributed by atoms with Crippen molar-refractivity contribution in [2.45, 2.75) is 39.0 Å². The number of aliphatic hydroxyl groups excluding tert-OH is 1. The number of ether oxygens (including phenoxy) is 1. The third-order valence-electron chi connectivity index (χ3n) is 6.34. The number of aliphatic hydroxyl groups is 1. The van der Waals surface area contributed by atoms with Crippen molar-refractivity contribution in [1.82, 2.24) is 14.3 Å². The third kappa shape index (κ3) is 4.92. The zero-order chi connectivity index (χ0) is 24.5. The summed E-state index contributed by atoms with van der Waals surface area (Å²) in [5.74, 6) is -0.143. The number of thiophene rings is 1. The highest BCUT2D eigenvalue weighted by Crippen LogP contribution is 2.39. The molecule has 182 valence electrons. The van der Waals surface area contributed by atoms with Crippen LogP contribution in [0.4, 0.5) is 0 Å². The second-order valence-corrected chi connectivity index (χ2v) is 10.3. The lowest BCUT2D eigenvalue weighted by Crippen LogP contribution is -2.18. The van der Waals surface area contributed by atoms with E-state index in [0.717, 1.165) is 47.0 Å². The first-order chi connectivity index (χ1) is 16.9. The molecule has 1 aliphatic heterocycles. The van der Waals surface area contributed by atoms with Gasteiger partial charge in [-0.25, -0.2) is 4.98 Å². The van der Waals surface area contributed by atoms with E-state index < -0.39 is 5.91 Å². The lowest BCUT2D eigenvalue weighted by molar-refractivity contribution is 0.0998. The summed E-state index contributed by atoms with van der Waals surface area (Å²) in [4.78, 5) is 20.2. The second-order valence-electron chi connectivity index (χ2n) is 8.83. The number of fused-ring (bicyclic) bond motifs is 1. The molecule has 0 aliphatic carbocycles. The summed E-state index contributed by atoms with van der Waals surface area (Å²) in [7, 11) is 0. The minimum atomic E-state index is -0.555. The van der Waals surface area contributed by atoms with Crippen LogP contribution >= 0.6 is 22.9 Å². The van der Waals surface area contributed by atoms with Crippen molar-refractivity contribution < 1.29 is 14.6 Å². The molecule has 1 atom stereocenters. The summed E-state index contributed by atoms with van der Waals surface area (Å²) in [6.07, 6.45) is 5.68. The number of nitrogens with two attached hydrogens (primary N) is 1. The van der Waals surface area contributed by atoms with E-state index in [1.807, 2.05) is 47.9 Å². The number of primary amides is 1. The Morgan fingerprint density at radius 1 is 1.23 bits per heavy atom. The number of pyridine rings is 1. The minimum Gasteiger partial charge on any atom is -0.484 e. The first kappa shape index (κ1) is 23.8. The van der Waals surface area contributed by atoms with Gasteiger partial charge in [-0.1, -0.05) is 29.8 Å². The molecule has 9 heteroatoms. The van der Waals surface area contributed by atoms with E-state index in [1.165, 1.54) is 29.7 Å². The Labute approximate surface area is 212 Å². The standard InChI is InChI=1S/C26H27ClN4O3S/c1-16(19-6-4-17(10-20(19)27)13-30-8-2-3-9-30)34-22-11-23(35-25(22)26(28)33)21-12-29-24-7-5-18(15-32)14-31(21)24/h4-7,10-12,14,16,32H,2-3,8-9,13,15H2,1H3,(H2,28,33). The zero-order valence-corrected chi connectivity index (χ0v) is 21.0. The largest absolute Gasteiger partial charge is 0.484 e. The average Bonchev–Trinajstić information content (AvgIpc) is 3.58. The molecule has 0 spiro atoms. The van der Waals surface area contributed by atoms with Crippen LogP contribution in [0.3, 0.4) is 0 Å². The highest BCUT2D eigenvalue weighted by Gasteiger charge is 2.22. The number of imidazole rings is 1. The lowest BCUT2D eigenvalue weighted by atomic mass is 10.1. The molecule has 0 saturated carbocycles. The molecule has 4 aromatic rings. The Balaban J connectivity index is 1.41. The number of hydrogen-bond donors (Lipinski definition) is 2. The van der Waals surface area contributed by atoms with Gasteiger partial charge in [-0.05, 0) is 56.1 Å². The van der Waals surface area contributed by atoms with Crippen molar-refractivity contribution >= 4 is 34.5 Å². The van der Waals surface area contributed by atoms with E-state index in [2.05, 4.69) is 16.0 Å². The van der Waals surface area contributed by atoms with Crippen LogP contribution < -0.4 is 10.5 Å². The van der Waals surface area contributed by atoms with Crippen molar-refractivity contribution in [3.8, 4) is 16.3 Å². The van der Waals surface area contributed by atoms with Crippen molar-refractivity contribution in [1.29, 1.82) is 0 Å². The van der Waals surface area contributed by atoms with Crippen LogP contribution in [0.1, 0.15) is 52.2 Å². The summed E-state index contributed by atoms with van der Waals surface area (Å²) >= 11 is 7.89. The van der Waals surface area contributed by atoms with E-state index in [4.69, 9.17) is 22.1 Å². The van der Waals surface area contributed by atoms with Gasteiger partial charge in [-0.2, -0.15) is 0 Å². The maximum Gasteiger partial charge on any atom is 0.262 e. The van der Waals surface area contributed by atoms with Gasteiger partial charge in [0.2, 0.25) is 0 Å². The average molecular weight is 511 g/mol. The van der Waals surface area contributed by atoms with E-state index >= 15 is 0 Å². The predicted molar refractivity (Wildman–Crippen MR) is 138 cm³/mol. The predicted octanol–water partition coefficient (Wildman–Crippen LogP) is 5.04. The Hall–Kier alpha value is -2.91. The topological polar surface area (TPSA) is 93.1 Å². The fraction of sp³-hybridized carbons (Fsp3) is 0.308. The Morgan fingerprint density at radius 3 is 2.71 bits per heavy atom. The molecule has 0 bridgehead atoms. The van der Waals surface area contributed by atoms with Crippen LogP contribution in [0.15, 0.2) is 48.8 Å². The highest BCUT2D eigenvalue weighted by molar-refractivity contribution is 7.17. The number of carbonyl (C=O) groups excluding carboxylic acids is 1. The van der Waals surface area contributed by atoms with Crippen molar-refractivity contribution in [2.75, 3.05) is 13.1 Å². The van der Waals surface area contributed by atoms with Crippen molar-refractivity contribution in [3.05, 3.63) is 75.4 Å². The molecule has 1 saturated heterocycles. The minimum absolute atomic E-state index is 0.0754. The molecular weight excluding hydrogens is 484 g/mol. The van der Waals surface area contributed by atoms with Gasteiger partial charge < -0.3 is 15.6 Å². The lowest BCUT2D eigenvalue weighted by Gasteiger charge is -2.19. The first-order valence-corrected chi connectivity index (χ1v) is 12.8. The number of halogens is 1. The van der Waals surface area contributed by atoms with E-state index in [-0.39, 0.29) is 12.7 Å². The van der Waals surface area contributed by atoms with Crippen LogP contribution in [0.5, 0.6) is 5.75 Å². The smallest absolute Gasteiger partial charge is 0.262 e. The quantitative estimate of drug-likeness (QED) is 0.346. The molecule has 35 heavy (non-hydrogen) atoms. The van der Waals surface area contributed by atoms with Gasteiger partial charge in [0.05, 0.1) is 23.4 Å². The molecule has 4 heterocycles. The molecular formula is C26H27ClN4O3S. The molecule has 1 fully saturated rings. The van der Waals surface area contributed by atoms with Gasteiger partial charge in [0.25, 0.3) is 5.91 Å². The molecule has 1 aromatic carbocycles. The molecule has 1 aliphatic rings. The van der Waals surface area contributed by atoms with Crippen molar-refractivity contribution in [2.24, 2.45) is 5.73 Å². The van der Waals surface area contributed by atoms with Gasteiger partial charge >= 0.3 is 0 Å². The number of rotatable bonds is 8. The van der Waals surface area contributed by atoms with Gasteiger partial charge in [-0.15, -0.1) is 11.3 Å². The molecule has 5 rings (SSSR count). The van der Waals surface area contributed by atoms with Crippen LogP contribution in [-0.2, 0) is 13.2 Å². The number of nitrogens with zero attached hydrogens (tertiary/aromatic N) is 3. The number of hydrogen-bond acceptors (Lipinski definition) is 6. The van der Waals surface area contributed by atoms with E-state index in [0.29, 0.717) is 15.6 Å². The summed E-state index contributed by atoms with van der Waals surface area (Å²) in [6, 6.07) is 11.6. The number of amides is 1. The molecule has 1 amide bonds. The van der Waals surface area contributed by atoms with Crippen LogP contribution in [0.25, 0.3) is 16.2 Å². The summed E-state index contributed by atoms with van der Waals surface area (Å²) in [6.45, 7) is 4.98. The first-order valence-electron chi connectivity index (χ1n) is 11.6. The van der Waals surface area contributed by atoms with Gasteiger partial charge in [0, 0.05) is 29.4 Å². The van der Waals surface area contributed by atoms with Gasteiger partial charge in [0.15, 0.2) is 0 Å². The molecule has 3 aromatic heterocycles. The van der Waals surface area contributed by atoms with Crippen molar-refractivity contribution in [3.63, 3.8) is 0 Å². The van der Waals surface area contributed by atoms with Gasteiger partial charge in [-0.3, -0.25) is 14.1 Å². The van der Waals surface area contributed by atoms with E-state index in [1.54, 1.807) is 6.20 Å².